The summed E-state index contributed by atoms with van der Waals surface area (Å²) in [5.74, 6) is 1.11. The summed E-state index contributed by atoms with van der Waals surface area (Å²) in [7, 11) is 0. The van der Waals surface area contributed by atoms with Gasteiger partial charge in [0, 0.05) is 28.7 Å². The van der Waals surface area contributed by atoms with E-state index in [-0.39, 0.29) is 11.4 Å². The Morgan fingerprint density at radius 1 is 1.22 bits per heavy atom. The van der Waals surface area contributed by atoms with E-state index in [1.54, 1.807) is 19.1 Å². The summed E-state index contributed by atoms with van der Waals surface area (Å²) in [6.07, 6.45) is 3.51. The third-order valence-electron chi connectivity index (χ3n) is 4.98. The van der Waals surface area contributed by atoms with Gasteiger partial charge in [-0.1, -0.05) is 41.1 Å². The third-order valence-corrected chi connectivity index (χ3v) is 4.98. The minimum absolute atomic E-state index is 0.0236. The van der Waals surface area contributed by atoms with Gasteiger partial charge in [-0.3, -0.25) is 4.79 Å². The molecule has 0 saturated carbocycles. The van der Waals surface area contributed by atoms with Crippen LogP contribution in [-0.2, 0) is 11.3 Å². The molecule has 0 aliphatic rings. The van der Waals surface area contributed by atoms with Crippen molar-refractivity contribution in [2.75, 3.05) is 11.9 Å². The molecule has 2 heterocycles. The van der Waals surface area contributed by atoms with Gasteiger partial charge in [0.05, 0.1) is 6.54 Å². The van der Waals surface area contributed by atoms with Crippen molar-refractivity contribution in [1.82, 2.24) is 9.72 Å². The Morgan fingerprint density at radius 2 is 2.00 bits per heavy atom. The lowest BCUT2D eigenvalue weighted by molar-refractivity contribution is -0.112. The highest BCUT2D eigenvalue weighted by Gasteiger charge is 2.14. The highest BCUT2D eigenvalue weighted by Crippen LogP contribution is 2.24. The molecular weight excluding hydrogens is 404 g/mol. The number of nitriles is 1. The van der Waals surface area contributed by atoms with Crippen LogP contribution in [0.1, 0.15) is 16.9 Å². The third kappa shape index (κ3) is 4.71. The Bertz CT molecular complexity index is 1320. The molecule has 0 atom stereocenters. The lowest BCUT2D eigenvalue weighted by atomic mass is 10.1. The number of aryl methyl sites for hydroxylation is 2. The number of hydrogen-bond acceptors (Lipinski definition) is 5. The number of nitrogens with one attached hydrogen (secondary N) is 1. The summed E-state index contributed by atoms with van der Waals surface area (Å²) in [6, 6.07) is 19.3. The van der Waals surface area contributed by atoms with Crippen LogP contribution in [0.3, 0.4) is 0 Å². The van der Waals surface area contributed by atoms with Crippen molar-refractivity contribution in [2.24, 2.45) is 0 Å². The second-order valence-corrected chi connectivity index (χ2v) is 7.40. The van der Waals surface area contributed by atoms with Crippen molar-refractivity contribution >= 4 is 28.7 Å². The smallest absolute Gasteiger partial charge is 0.267 e. The number of para-hydroxylation sites is 1. The van der Waals surface area contributed by atoms with Crippen LogP contribution in [0.2, 0.25) is 0 Å². The van der Waals surface area contributed by atoms with Gasteiger partial charge in [0.1, 0.15) is 29.8 Å². The topological polar surface area (TPSA) is 93.1 Å². The van der Waals surface area contributed by atoms with Crippen LogP contribution in [0.4, 0.5) is 5.82 Å². The van der Waals surface area contributed by atoms with E-state index in [4.69, 9.17) is 9.26 Å². The molecule has 0 aliphatic heterocycles. The van der Waals surface area contributed by atoms with E-state index in [1.165, 1.54) is 5.56 Å². The van der Waals surface area contributed by atoms with Crippen molar-refractivity contribution in [1.29, 1.82) is 5.26 Å². The molecule has 160 valence electrons. The average Bonchev–Trinajstić information content (AvgIpc) is 3.36. The number of carbonyl (C=O) groups is 1. The number of hydrogen-bond donors (Lipinski definition) is 1. The lowest BCUT2D eigenvalue weighted by Crippen LogP contribution is -2.13. The molecule has 0 radical (unpaired) electrons. The molecule has 0 fully saturated rings. The van der Waals surface area contributed by atoms with Gasteiger partial charge < -0.3 is 19.1 Å². The van der Waals surface area contributed by atoms with Gasteiger partial charge >= 0.3 is 0 Å². The summed E-state index contributed by atoms with van der Waals surface area (Å²) in [5, 5.41) is 16.8. The van der Waals surface area contributed by atoms with Gasteiger partial charge in [-0.05, 0) is 38.1 Å². The second kappa shape index (κ2) is 9.23. The normalized spacial score (nSPS) is 11.3. The zero-order valence-electron chi connectivity index (χ0n) is 17.8. The highest BCUT2D eigenvalue weighted by atomic mass is 16.5. The van der Waals surface area contributed by atoms with Crippen molar-refractivity contribution in [3.05, 3.63) is 83.3 Å². The van der Waals surface area contributed by atoms with Crippen LogP contribution in [-0.4, -0.2) is 22.2 Å². The number of fused-ring (bicyclic) bond motifs is 1. The van der Waals surface area contributed by atoms with Crippen molar-refractivity contribution < 1.29 is 14.1 Å². The van der Waals surface area contributed by atoms with E-state index in [1.807, 2.05) is 67.7 Å². The fourth-order valence-corrected chi connectivity index (χ4v) is 3.38. The summed E-state index contributed by atoms with van der Waals surface area (Å²) in [6.45, 7) is 4.87. The standard InChI is InChI=1S/C25H22N4O3/c1-17-7-9-21(10-8-17)31-12-11-29-16-20(22-5-3-4-6-23(22)29)14-19(15-26)25(30)27-24-13-18(2)32-28-24/h3-10,13-14,16H,11-12H2,1-2H3,(H,27,28,30)/b19-14-. The molecule has 0 unspecified atom stereocenters. The quantitative estimate of drug-likeness (QED) is 0.336. The Labute approximate surface area is 185 Å². The van der Waals surface area contributed by atoms with Crippen molar-refractivity contribution in [2.45, 2.75) is 20.4 Å². The van der Waals surface area contributed by atoms with Gasteiger partial charge in [0.25, 0.3) is 5.91 Å². The van der Waals surface area contributed by atoms with Crippen LogP contribution in [0, 0.1) is 25.2 Å². The monoisotopic (exact) mass is 426 g/mol. The van der Waals surface area contributed by atoms with E-state index < -0.39 is 5.91 Å². The SMILES string of the molecule is Cc1ccc(OCCn2cc(/C=C(/C#N)C(=O)Nc3cc(C)on3)c3ccccc32)cc1. The molecular formula is C25H22N4O3. The van der Waals surface area contributed by atoms with Crippen LogP contribution >= 0.6 is 0 Å². The first-order valence-electron chi connectivity index (χ1n) is 10.2. The van der Waals surface area contributed by atoms with E-state index in [9.17, 15) is 10.1 Å². The van der Waals surface area contributed by atoms with Gasteiger partial charge in [-0.2, -0.15) is 5.26 Å². The number of nitrogens with zero attached hydrogens (tertiary/aromatic N) is 3. The first-order valence-corrected chi connectivity index (χ1v) is 10.2. The predicted octanol–water partition coefficient (Wildman–Crippen LogP) is 4.87. The van der Waals surface area contributed by atoms with Gasteiger partial charge in [-0.15, -0.1) is 0 Å². The van der Waals surface area contributed by atoms with Crippen LogP contribution in [0.15, 0.2) is 70.9 Å². The van der Waals surface area contributed by atoms with Crippen LogP contribution in [0.5, 0.6) is 5.75 Å². The molecule has 7 nitrogen and oxygen atoms in total. The first kappa shape index (κ1) is 20.9. The highest BCUT2D eigenvalue weighted by molar-refractivity contribution is 6.10. The Balaban J connectivity index is 1.55. The molecule has 32 heavy (non-hydrogen) atoms. The molecule has 4 rings (SSSR count). The zero-order chi connectivity index (χ0) is 22.5. The zero-order valence-corrected chi connectivity index (χ0v) is 17.8. The average molecular weight is 426 g/mol. The molecule has 1 N–H and O–H groups in total. The van der Waals surface area contributed by atoms with Gasteiger partial charge in [-0.25, -0.2) is 0 Å². The lowest BCUT2D eigenvalue weighted by Gasteiger charge is -2.08. The van der Waals surface area contributed by atoms with Gasteiger partial charge in [0.2, 0.25) is 0 Å². The number of benzene rings is 2. The molecule has 4 aromatic rings. The van der Waals surface area contributed by atoms with Crippen LogP contribution < -0.4 is 10.1 Å². The maximum absolute atomic E-state index is 12.5. The van der Waals surface area contributed by atoms with Crippen LogP contribution in [0.25, 0.3) is 17.0 Å². The number of rotatable bonds is 7. The van der Waals surface area contributed by atoms with Crippen molar-refractivity contribution in [3.8, 4) is 11.8 Å². The fourth-order valence-electron chi connectivity index (χ4n) is 3.38. The molecule has 2 aromatic carbocycles. The molecule has 0 spiro atoms. The second-order valence-electron chi connectivity index (χ2n) is 7.40. The summed E-state index contributed by atoms with van der Waals surface area (Å²) in [5.41, 5.74) is 2.93. The maximum Gasteiger partial charge on any atom is 0.267 e. The Kier molecular flexibility index (Phi) is 6.04. The summed E-state index contributed by atoms with van der Waals surface area (Å²) >= 11 is 0. The van der Waals surface area contributed by atoms with E-state index in [0.29, 0.717) is 18.9 Å². The minimum Gasteiger partial charge on any atom is -0.492 e. The van der Waals surface area contributed by atoms with E-state index in [2.05, 4.69) is 15.0 Å². The Hall–Kier alpha value is -4.31. The van der Waals surface area contributed by atoms with E-state index >= 15 is 0 Å². The number of carbonyl (C=O) groups excluding carboxylic acids is 1. The largest absolute Gasteiger partial charge is 0.492 e. The number of aromatic nitrogens is 2. The van der Waals surface area contributed by atoms with Gasteiger partial charge in [0.15, 0.2) is 5.82 Å². The molecule has 1 amide bonds. The maximum atomic E-state index is 12.5. The summed E-state index contributed by atoms with van der Waals surface area (Å²) < 4.78 is 12.9. The summed E-state index contributed by atoms with van der Waals surface area (Å²) in [4.78, 5) is 12.5. The predicted molar refractivity (Wildman–Crippen MR) is 122 cm³/mol. The Morgan fingerprint density at radius 3 is 2.72 bits per heavy atom. The molecule has 0 aliphatic carbocycles. The van der Waals surface area contributed by atoms with Crippen molar-refractivity contribution in [3.63, 3.8) is 0 Å². The molecule has 0 bridgehead atoms. The molecule has 7 heteroatoms. The number of amides is 1. The molecule has 2 aromatic heterocycles. The minimum atomic E-state index is -0.541. The fraction of sp³-hybridized carbons (Fsp3) is 0.160. The number of ether oxygens (including phenoxy) is 1. The molecule has 0 saturated heterocycles. The first-order chi connectivity index (χ1) is 15.5. The van der Waals surface area contributed by atoms with E-state index in [0.717, 1.165) is 22.2 Å². The number of anilines is 1.